The molecule has 5 heteroatoms. The number of fused-ring (bicyclic) bond motifs is 1. The van der Waals surface area contributed by atoms with E-state index in [2.05, 4.69) is 32.4 Å². The van der Waals surface area contributed by atoms with Crippen molar-refractivity contribution in [1.29, 1.82) is 0 Å². The van der Waals surface area contributed by atoms with E-state index in [1.54, 1.807) is 11.3 Å². The molecule has 1 aromatic carbocycles. The van der Waals surface area contributed by atoms with Gasteiger partial charge in [0, 0.05) is 5.56 Å². The third-order valence-electron chi connectivity index (χ3n) is 2.37. The maximum atomic E-state index is 6.05. The highest BCUT2D eigenvalue weighted by Crippen LogP contribution is 2.44. The SMILES string of the molecule is Nc1c(Br)sc2snc(-c3ccccc3)c12. The predicted molar refractivity (Wildman–Crippen MR) is 75.0 cm³/mol. The number of nitrogen functional groups attached to an aromatic ring is 1. The minimum absolute atomic E-state index is 0.799. The van der Waals surface area contributed by atoms with Crippen LogP contribution in [0.4, 0.5) is 5.69 Å². The molecule has 2 N–H and O–H groups in total. The third kappa shape index (κ3) is 1.47. The number of nitrogens with zero attached hydrogens (tertiary/aromatic N) is 1. The molecule has 0 aliphatic rings. The number of nitrogens with two attached hydrogens (primary N) is 1. The van der Waals surface area contributed by atoms with Crippen molar-refractivity contribution in [2.75, 3.05) is 5.73 Å². The molecule has 0 spiro atoms. The monoisotopic (exact) mass is 310 g/mol. The van der Waals surface area contributed by atoms with Crippen molar-refractivity contribution in [2.45, 2.75) is 0 Å². The first-order valence-electron chi connectivity index (χ1n) is 4.66. The first kappa shape index (κ1) is 10.3. The van der Waals surface area contributed by atoms with Crippen molar-refractivity contribution in [3.8, 4) is 11.3 Å². The zero-order valence-corrected chi connectivity index (χ0v) is 11.3. The fourth-order valence-corrected chi connectivity index (χ4v) is 4.48. The van der Waals surface area contributed by atoms with Crippen molar-refractivity contribution >= 4 is 53.9 Å². The summed E-state index contributed by atoms with van der Waals surface area (Å²) >= 11 is 6.61. The fraction of sp³-hybridized carbons (Fsp3) is 0. The molecule has 0 radical (unpaired) electrons. The molecule has 2 nitrogen and oxygen atoms in total. The fourth-order valence-electron chi connectivity index (χ4n) is 1.61. The van der Waals surface area contributed by atoms with Crippen LogP contribution in [0, 0.1) is 0 Å². The van der Waals surface area contributed by atoms with Crippen LogP contribution in [-0.4, -0.2) is 4.37 Å². The van der Waals surface area contributed by atoms with Crippen LogP contribution in [0.2, 0.25) is 0 Å². The van der Waals surface area contributed by atoms with E-state index in [0.29, 0.717) is 0 Å². The topological polar surface area (TPSA) is 38.9 Å². The Hall–Kier alpha value is -0.910. The average molecular weight is 311 g/mol. The highest BCUT2D eigenvalue weighted by Gasteiger charge is 2.15. The van der Waals surface area contributed by atoms with E-state index >= 15 is 0 Å². The lowest BCUT2D eigenvalue weighted by molar-refractivity contribution is 1.54. The molecule has 0 bridgehead atoms. The summed E-state index contributed by atoms with van der Waals surface area (Å²) < 4.78 is 6.64. The Kier molecular flexibility index (Phi) is 2.46. The zero-order chi connectivity index (χ0) is 11.1. The van der Waals surface area contributed by atoms with Gasteiger partial charge in [0.05, 0.1) is 20.6 Å². The van der Waals surface area contributed by atoms with Gasteiger partial charge in [-0.25, -0.2) is 0 Å². The van der Waals surface area contributed by atoms with Crippen LogP contribution in [0.25, 0.3) is 20.7 Å². The van der Waals surface area contributed by atoms with E-state index in [1.165, 1.54) is 15.5 Å². The number of rotatable bonds is 1. The van der Waals surface area contributed by atoms with Gasteiger partial charge in [-0.15, -0.1) is 11.3 Å². The van der Waals surface area contributed by atoms with Crippen molar-refractivity contribution in [1.82, 2.24) is 4.37 Å². The van der Waals surface area contributed by atoms with Gasteiger partial charge in [0.1, 0.15) is 4.01 Å². The molecule has 0 fully saturated rings. The summed E-state index contributed by atoms with van der Waals surface area (Å²) in [5.74, 6) is 0. The number of hydrogen-bond acceptors (Lipinski definition) is 4. The summed E-state index contributed by atoms with van der Waals surface area (Å²) in [5, 5.41) is 1.08. The van der Waals surface area contributed by atoms with Crippen LogP contribution in [0.15, 0.2) is 34.1 Å². The summed E-state index contributed by atoms with van der Waals surface area (Å²) in [5.41, 5.74) is 8.95. The number of hydrogen-bond donors (Lipinski definition) is 1. The minimum atomic E-state index is 0.799. The molecule has 3 rings (SSSR count). The quantitative estimate of drug-likeness (QED) is 0.725. The predicted octanol–water partition coefficient (Wildman–Crippen LogP) is 4.37. The van der Waals surface area contributed by atoms with Gasteiger partial charge < -0.3 is 5.73 Å². The van der Waals surface area contributed by atoms with Crippen LogP contribution in [0.1, 0.15) is 0 Å². The lowest BCUT2D eigenvalue weighted by Gasteiger charge is -1.97. The number of benzene rings is 1. The number of anilines is 1. The van der Waals surface area contributed by atoms with Gasteiger partial charge in [-0.05, 0) is 27.5 Å². The Morgan fingerprint density at radius 2 is 1.94 bits per heavy atom. The molecule has 16 heavy (non-hydrogen) atoms. The Balaban J connectivity index is 2.32. The lowest BCUT2D eigenvalue weighted by atomic mass is 10.1. The van der Waals surface area contributed by atoms with Crippen molar-refractivity contribution in [3.63, 3.8) is 0 Å². The summed E-state index contributed by atoms with van der Waals surface area (Å²) in [4.78, 5) is 0. The van der Waals surface area contributed by atoms with Gasteiger partial charge in [-0.1, -0.05) is 30.3 Å². The molecule has 0 aliphatic heterocycles. The molecule has 0 unspecified atom stereocenters. The zero-order valence-electron chi connectivity index (χ0n) is 8.11. The molecule has 80 valence electrons. The van der Waals surface area contributed by atoms with E-state index < -0.39 is 0 Å². The standard InChI is InChI=1S/C11H7BrN2S2/c12-10-8(13)7-9(14-16-11(7)15-10)6-4-2-1-3-5-6/h1-5H,13H2. The lowest BCUT2D eigenvalue weighted by Crippen LogP contribution is -1.84. The van der Waals surface area contributed by atoms with Crippen LogP contribution in [0.5, 0.6) is 0 Å². The van der Waals surface area contributed by atoms with E-state index in [1.807, 2.05) is 18.2 Å². The van der Waals surface area contributed by atoms with Gasteiger partial charge in [0.25, 0.3) is 0 Å². The van der Waals surface area contributed by atoms with E-state index in [4.69, 9.17) is 5.73 Å². The second-order valence-corrected chi connectivity index (χ2v) is 6.72. The molecule has 2 heterocycles. The van der Waals surface area contributed by atoms with Gasteiger partial charge in [0.2, 0.25) is 0 Å². The molecule has 0 saturated carbocycles. The highest BCUT2D eigenvalue weighted by molar-refractivity contribution is 9.11. The normalized spacial score (nSPS) is 11.1. The minimum Gasteiger partial charge on any atom is -0.397 e. The highest BCUT2D eigenvalue weighted by atomic mass is 79.9. The molecule has 0 aliphatic carbocycles. The van der Waals surface area contributed by atoms with Gasteiger partial charge in [-0.2, -0.15) is 4.37 Å². The van der Waals surface area contributed by atoms with Crippen molar-refractivity contribution in [2.24, 2.45) is 0 Å². The van der Waals surface area contributed by atoms with Crippen LogP contribution in [0.3, 0.4) is 0 Å². The first-order chi connectivity index (χ1) is 7.77. The van der Waals surface area contributed by atoms with Crippen molar-refractivity contribution < 1.29 is 0 Å². The summed E-state index contributed by atoms with van der Waals surface area (Å²) in [6, 6.07) is 10.1. The van der Waals surface area contributed by atoms with E-state index in [9.17, 15) is 0 Å². The van der Waals surface area contributed by atoms with Gasteiger partial charge in [-0.3, -0.25) is 0 Å². The van der Waals surface area contributed by atoms with Gasteiger partial charge >= 0.3 is 0 Å². The Morgan fingerprint density at radius 1 is 1.19 bits per heavy atom. The van der Waals surface area contributed by atoms with Crippen LogP contribution < -0.4 is 5.73 Å². The summed E-state index contributed by atoms with van der Waals surface area (Å²) in [7, 11) is 0. The number of aromatic nitrogens is 1. The van der Waals surface area contributed by atoms with E-state index in [-0.39, 0.29) is 0 Å². The van der Waals surface area contributed by atoms with E-state index in [0.717, 1.165) is 26.1 Å². The third-order valence-corrected chi connectivity index (χ3v) is 5.19. The number of halogens is 1. The molecule has 0 saturated heterocycles. The van der Waals surface area contributed by atoms with Crippen LogP contribution >= 0.6 is 38.8 Å². The molecular formula is C11H7BrN2S2. The second kappa shape index (κ2) is 3.84. The molecule has 3 aromatic rings. The average Bonchev–Trinajstić information content (AvgIpc) is 2.83. The van der Waals surface area contributed by atoms with Gasteiger partial charge in [0.15, 0.2) is 0 Å². The van der Waals surface area contributed by atoms with Crippen molar-refractivity contribution in [3.05, 3.63) is 34.1 Å². The largest absolute Gasteiger partial charge is 0.397 e. The maximum absolute atomic E-state index is 6.05. The van der Waals surface area contributed by atoms with Crippen LogP contribution in [-0.2, 0) is 0 Å². The molecular weight excluding hydrogens is 304 g/mol. The number of thiophene rings is 1. The Bertz CT molecular complexity index is 643. The Labute approximate surface area is 109 Å². The summed E-state index contributed by atoms with van der Waals surface area (Å²) in [6.07, 6.45) is 0. The smallest absolute Gasteiger partial charge is 0.111 e. The molecule has 2 aromatic heterocycles. The summed E-state index contributed by atoms with van der Waals surface area (Å²) in [6.45, 7) is 0. The second-order valence-electron chi connectivity index (χ2n) is 3.35. The molecule has 0 amide bonds. The first-order valence-corrected chi connectivity index (χ1v) is 7.04. The molecule has 0 atom stereocenters. The Morgan fingerprint density at radius 3 is 2.69 bits per heavy atom. The maximum Gasteiger partial charge on any atom is 0.111 e.